The third kappa shape index (κ3) is 5.46. The number of guanidine groups is 1. The third-order valence-corrected chi connectivity index (χ3v) is 5.80. The maximum absolute atomic E-state index is 10.8. The van der Waals surface area contributed by atoms with E-state index in [0.29, 0.717) is 13.1 Å². The number of aliphatic imine (C=N–C) groups is 1. The molecule has 1 aliphatic heterocycles. The molecule has 31 heavy (non-hydrogen) atoms. The van der Waals surface area contributed by atoms with Gasteiger partial charge in [0.1, 0.15) is 23.7 Å². The topological polar surface area (TPSA) is 107 Å². The molecule has 9 nitrogen and oxygen atoms in total. The normalized spacial score (nSPS) is 19.3. The maximum atomic E-state index is 10.8. The molecule has 0 saturated heterocycles. The molecule has 1 fully saturated rings. The standard InChI is InChI=1S/C21H28N6O3.HI/c1-2-22-20(23-11-12-26-15-16(14-24-26)27(28)29)25-18-13-21(9-5-6-10-21)30-19-8-4-3-7-17(18)19;/h3-4,7-8,14-15,18H,2,5-6,9-13H2,1H3,(H2,22,23,25);1H. The van der Waals surface area contributed by atoms with Crippen molar-refractivity contribution in [2.45, 2.75) is 57.2 Å². The first-order chi connectivity index (χ1) is 14.6. The Labute approximate surface area is 198 Å². The summed E-state index contributed by atoms with van der Waals surface area (Å²) >= 11 is 0. The van der Waals surface area contributed by atoms with E-state index in [2.05, 4.69) is 32.9 Å². The van der Waals surface area contributed by atoms with E-state index in [1.165, 1.54) is 25.2 Å². The van der Waals surface area contributed by atoms with Gasteiger partial charge in [-0.3, -0.25) is 19.8 Å². The quantitative estimate of drug-likeness (QED) is 0.190. The lowest BCUT2D eigenvalue weighted by Gasteiger charge is -2.40. The van der Waals surface area contributed by atoms with E-state index in [0.717, 1.165) is 43.1 Å². The highest BCUT2D eigenvalue weighted by Crippen LogP contribution is 2.46. The molecule has 4 rings (SSSR count). The summed E-state index contributed by atoms with van der Waals surface area (Å²) in [5.41, 5.74) is 1.06. The van der Waals surface area contributed by atoms with Gasteiger partial charge in [-0.25, -0.2) is 0 Å². The fourth-order valence-corrected chi connectivity index (χ4v) is 4.39. The fraction of sp³-hybridized carbons (Fsp3) is 0.524. The fourth-order valence-electron chi connectivity index (χ4n) is 4.39. The predicted octanol–water partition coefficient (Wildman–Crippen LogP) is 3.80. The van der Waals surface area contributed by atoms with Crippen molar-refractivity contribution >= 4 is 35.6 Å². The van der Waals surface area contributed by atoms with Crippen LogP contribution in [0, 0.1) is 10.1 Å². The van der Waals surface area contributed by atoms with E-state index < -0.39 is 4.92 Å². The van der Waals surface area contributed by atoms with Crippen LogP contribution in [0.5, 0.6) is 5.75 Å². The minimum atomic E-state index is -0.445. The number of benzene rings is 1. The van der Waals surface area contributed by atoms with E-state index >= 15 is 0 Å². The number of aromatic nitrogens is 2. The Bertz CT molecular complexity index is 925. The Morgan fingerprint density at radius 3 is 2.87 bits per heavy atom. The highest BCUT2D eigenvalue weighted by Gasteiger charge is 2.43. The number of nitrogens with zero attached hydrogens (tertiary/aromatic N) is 4. The zero-order chi connectivity index (χ0) is 21.0. The number of para-hydroxylation sites is 1. The van der Waals surface area contributed by atoms with Gasteiger partial charge in [0.15, 0.2) is 5.96 Å². The zero-order valence-corrected chi connectivity index (χ0v) is 20.0. The van der Waals surface area contributed by atoms with Gasteiger partial charge in [0, 0.05) is 18.5 Å². The average Bonchev–Trinajstić information content (AvgIpc) is 3.38. The molecule has 0 amide bonds. The van der Waals surface area contributed by atoms with E-state index in [-0.39, 0.29) is 41.3 Å². The smallest absolute Gasteiger partial charge is 0.306 e. The van der Waals surface area contributed by atoms with Gasteiger partial charge >= 0.3 is 5.69 Å². The molecule has 2 heterocycles. The van der Waals surface area contributed by atoms with Gasteiger partial charge < -0.3 is 15.4 Å². The molecule has 1 aromatic heterocycles. The summed E-state index contributed by atoms with van der Waals surface area (Å²) in [6, 6.07) is 8.35. The summed E-state index contributed by atoms with van der Waals surface area (Å²) in [6.45, 7) is 3.71. The number of nitro groups is 1. The monoisotopic (exact) mass is 540 g/mol. The number of nitrogens with one attached hydrogen (secondary N) is 2. The van der Waals surface area contributed by atoms with E-state index in [4.69, 9.17) is 4.74 Å². The summed E-state index contributed by atoms with van der Waals surface area (Å²) in [7, 11) is 0. The van der Waals surface area contributed by atoms with Crippen molar-refractivity contribution in [1.29, 1.82) is 0 Å². The van der Waals surface area contributed by atoms with E-state index in [1.807, 2.05) is 19.1 Å². The van der Waals surface area contributed by atoms with Gasteiger partial charge in [0.25, 0.3) is 0 Å². The largest absolute Gasteiger partial charge is 0.487 e. The van der Waals surface area contributed by atoms with Crippen molar-refractivity contribution in [3.63, 3.8) is 0 Å². The Morgan fingerprint density at radius 2 is 2.16 bits per heavy atom. The summed E-state index contributed by atoms with van der Waals surface area (Å²) in [6.07, 6.45) is 8.19. The first kappa shape index (κ1) is 23.3. The number of rotatable bonds is 6. The highest BCUT2D eigenvalue weighted by atomic mass is 127. The molecule has 1 aromatic carbocycles. The molecular formula is C21H29IN6O3. The van der Waals surface area contributed by atoms with Crippen LogP contribution in [0.1, 0.15) is 50.6 Å². The molecule has 1 atom stereocenters. The van der Waals surface area contributed by atoms with Crippen LogP contribution in [-0.2, 0) is 6.54 Å². The van der Waals surface area contributed by atoms with Crippen LogP contribution in [0.4, 0.5) is 5.69 Å². The number of fused-ring (bicyclic) bond motifs is 1. The molecule has 2 N–H and O–H groups in total. The number of ether oxygens (including phenoxy) is 1. The molecule has 0 bridgehead atoms. The minimum absolute atomic E-state index is 0. The lowest BCUT2D eigenvalue weighted by molar-refractivity contribution is -0.385. The van der Waals surface area contributed by atoms with Crippen molar-refractivity contribution < 1.29 is 9.66 Å². The van der Waals surface area contributed by atoms with Crippen LogP contribution in [0.2, 0.25) is 0 Å². The Balaban J connectivity index is 0.00000272. The van der Waals surface area contributed by atoms with Crippen molar-refractivity contribution in [3.8, 4) is 5.75 Å². The third-order valence-electron chi connectivity index (χ3n) is 5.80. The zero-order valence-electron chi connectivity index (χ0n) is 17.6. The van der Waals surface area contributed by atoms with Gasteiger partial charge in [-0.2, -0.15) is 5.10 Å². The van der Waals surface area contributed by atoms with Crippen molar-refractivity contribution in [1.82, 2.24) is 20.4 Å². The van der Waals surface area contributed by atoms with Crippen molar-refractivity contribution in [2.24, 2.45) is 4.99 Å². The molecule has 1 spiro atoms. The highest BCUT2D eigenvalue weighted by molar-refractivity contribution is 14.0. The van der Waals surface area contributed by atoms with Crippen LogP contribution in [0.15, 0.2) is 41.7 Å². The van der Waals surface area contributed by atoms with E-state index in [1.54, 1.807) is 4.68 Å². The molecule has 1 unspecified atom stereocenters. The Hall–Kier alpha value is -2.37. The minimum Gasteiger partial charge on any atom is -0.487 e. The molecule has 1 aliphatic carbocycles. The molecule has 10 heteroatoms. The molecule has 1 saturated carbocycles. The predicted molar refractivity (Wildman–Crippen MR) is 129 cm³/mol. The molecule has 2 aromatic rings. The van der Waals surface area contributed by atoms with Crippen molar-refractivity contribution in [2.75, 3.05) is 13.1 Å². The van der Waals surface area contributed by atoms with Gasteiger partial charge in [-0.15, -0.1) is 24.0 Å². The van der Waals surface area contributed by atoms with Gasteiger partial charge in [-0.05, 0) is 38.7 Å². The Kier molecular flexibility index (Phi) is 7.74. The van der Waals surface area contributed by atoms with Crippen LogP contribution < -0.4 is 15.4 Å². The summed E-state index contributed by atoms with van der Waals surface area (Å²) in [5, 5.41) is 21.7. The average molecular weight is 540 g/mol. The van der Waals surface area contributed by atoms with Gasteiger partial charge in [0.2, 0.25) is 0 Å². The van der Waals surface area contributed by atoms with Gasteiger partial charge in [-0.1, -0.05) is 18.2 Å². The first-order valence-corrected chi connectivity index (χ1v) is 10.6. The van der Waals surface area contributed by atoms with Crippen LogP contribution in [-0.4, -0.2) is 39.4 Å². The second-order valence-electron chi connectivity index (χ2n) is 7.91. The SMILES string of the molecule is CCNC(=NCCn1cc([N+](=O)[O-])cn1)NC1CC2(CCCC2)Oc2ccccc21.I. The molecule has 0 radical (unpaired) electrons. The van der Waals surface area contributed by atoms with Crippen LogP contribution >= 0.6 is 24.0 Å². The second kappa shape index (κ2) is 10.3. The molecule has 168 valence electrons. The second-order valence-corrected chi connectivity index (χ2v) is 7.91. The van der Waals surface area contributed by atoms with Crippen LogP contribution in [0.25, 0.3) is 0 Å². The Morgan fingerprint density at radius 1 is 1.39 bits per heavy atom. The van der Waals surface area contributed by atoms with Crippen molar-refractivity contribution in [3.05, 3.63) is 52.3 Å². The van der Waals surface area contributed by atoms with Crippen LogP contribution in [0.3, 0.4) is 0 Å². The summed E-state index contributed by atoms with van der Waals surface area (Å²) in [4.78, 5) is 15.0. The molecule has 2 aliphatic rings. The number of halogens is 1. The van der Waals surface area contributed by atoms with Gasteiger partial charge in [0.05, 0.1) is 24.1 Å². The number of hydrogen-bond donors (Lipinski definition) is 2. The lowest BCUT2D eigenvalue weighted by atomic mass is 9.86. The lowest BCUT2D eigenvalue weighted by Crippen LogP contribution is -2.46. The summed E-state index contributed by atoms with van der Waals surface area (Å²) in [5.74, 6) is 1.69. The number of hydrogen-bond acceptors (Lipinski definition) is 5. The summed E-state index contributed by atoms with van der Waals surface area (Å²) < 4.78 is 7.99. The molecular weight excluding hydrogens is 511 g/mol. The maximum Gasteiger partial charge on any atom is 0.306 e. The first-order valence-electron chi connectivity index (χ1n) is 10.6. The van der Waals surface area contributed by atoms with E-state index in [9.17, 15) is 10.1 Å².